The highest BCUT2D eigenvalue weighted by Crippen LogP contribution is 2.45. The Morgan fingerprint density at radius 3 is 1.71 bits per heavy atom. The van der Waals surface area contributed by atoms with Crippen molar-refractivity contribution in [1.29, 1.82) is 0 Å². The van der Waals surface area contributed by atoms with E-state index in [-0.39, 0.29) is 0 Å². The van der Waals surface area contributed by atoms with Crippen LogP contribution in [0.5, 0.6) is 0 Å². The van der Waals surface area contributed by atoms with Crippen LogP contribution in [0.25, 0.3) is 124 Å². The zero-order valence-electron chi connectivity index (χ0n) is 30.0. The van der Waals surface area contributed by atoms with Gasteiger partial charge in [0.05, 0.1) is 22.2 Å². The topological polar surface area (TPSA) is 30.7 Å². The van der Waals surface area contributed by atoms with Gasteiger partial charge in [0.15, 0.2) is 0 Å². The molecule has 10 aromatic carbocycles. The van der Waals surface area contributed by atoms with E-state index in [1.165, 1.54) is 74.0 Å². The van der Waals surface area contributed by atoms with Crippen LogP contribution in [0, 0.1) is 0 Å². The standard InChI is InChI=1S/C52H29N3S/c1-3-13-33-30(11-1)22-26-43-49(32-23-24-39-38-18-9-10-20-45(38)56-46(39)29-32)53-52(54-50(33)43)55-44-28-27-41-37-17-6-5-15-35(37)36-16-7-8-19-40(36)47(41)48(44)42-25-21-31-12-2-4-14-34(31)51(42)55/h1-29H. The number of rotatable bonds is 2. The fourth-order valence-electron chi connectivity index (χ4n) is 9.51. The second-order valence-electron chi connectivity index (χ2n) is 14.9. The smallest absolute Gasteiger partial charge is 0.235 e. The van der Waals surface area contributed by atoms with E-state index in [1.807, 2.05) is 11.3 Å². The van der Waals surface area contributed by atoms with E-state index in [1.54, 1.807) is 0 Å². The first-order valence-corrected chi connectivity index (χ1v) is 19.9. The Labute approximate surface area is 324 Å². The van der Waals surface area contributed by atoms with Gasteiger partial charge in [-0.25, -0.2) is 9.97 Å². The molecule has 13 aromatic rings. The third kappa shape index (κ3) is 4.06. The van der Waals surface area contributed by atoms with Gasteiger partial charge in [-0.05, 0) is 62.0 Å². The predicted octanol–water partition coefficient (Wildman–Crippen LogP) is 14.5. The Morgan fingerprint density at radius 1 is 0.375 bits per heavy atom. The highest BCUT2D eigenvalue weighted by Gasteiger charge is 2.23. The van der Waals surface area contributed by atoms with Crippen LogP contribution >= 0.6 is 11.3 Å². The molecule has 0 fully saturated rings. The molecule has 13 rings (SSSR count). The molecule has 0 aliphatic rings. The van der Waals surface area contributed by atoms with Crippen molar-refractivity contribution < 1.29 is 0 Å². The summed E-state index contributed by atoms with van der Waals surface area (Å²) in [4.78, 5) is 11.2. The van der Waals surface area contributed by atoms with Crippen molar-refractivity contribution in [2.24, 2.45) is 0 Å². The lowest BCUT2D eigenvalue weighted by Gasteiger charge is -2.14. The fraction of sp³-hybridized carbons (Fsp3) is 0. The van der Waals surface area contributed by atoms with Crippen molar-refractivity contribution in [3.05, 3.63) is 176 Å². The van der Waals surface area contributed by atoms with E-state index in [9.17, 15) is 0 Å². The van der Waals surface area contributed by atoms with Crippen LogP contribution in [0.2, 0.25) is 0 Å². The minimum absolute atomic E-state index is 0.668. The van der Waals surface area contributed by atoms with E-state index in [0.29, 0.717) is 5.95 Å². The number of thiophene rings is 1. The third-order valence-electron chi connectivity index (χ3n) is 12.0. The largest absolute Gasteiger partial charge is 0.277 e. The van der Waals surface area contributed by atoms with Crippen LogP contribution in [-0.4, -0.2) is 14.5 Å². The summed E-state index contributed by atoms with van der Waals surface area (Å²) in [5.41, 5.74) is 5.18. The molecule has 0 radical (unpaired) electrons. The van der Waals surface area contributed by atoms with Crippen molar-refractivity contribution in [2.75, 3.05) is 0 Å². The molecule has 0 unspecified atom stereocenters. The molecule has 0 atom stereocenters. The van der Waals surface area contributed by atoms with Crippen LogP contribution in [0.4, 0.5) is 0 Å². The van der Waals surface area contributed by atoms with Crippen molar-refractivity contribution in [2.45, 2.75) is 0 Å². The van der Waals surface area contributed by atoms with Gasteiger partial charge in [-0.2, -0.15) is 0 Å². The number of fused-ring (bicyclic) bond motifs is 18. The van der Waals surface area contributed by atoms with Gasteiger partial charge in [0.2, 0.25) is 5.95 Å². The number of hydrogen-bond acceptors (Lipinski definition) is 3. The maximum absolute atomic E-state index is 5.64. The quantitative estimate of drug-likeness (QED) is 0.166. The molecule has 0 amide bonds. The lowest BCUT2D eigenvalue weighted by Crippen LogP contribution is -2.04. The number of nitrogens with zero attached hydrogens (tertiary/aromatic N) is 3. The number of aromatic nitrogens is 3. The van der Waals surface area contributed by atoms with E-state index in [0.717, 1.165) is 44.0 Å². The highest BCUT2D eigenvalue weighted by molar-refractivity contribution is 7.25. The van der Waals surface area contributed by atoms with Gasteiger partial charge in [-0.1, -0.05) is 152 Å². The molecule has 0 bridgehead atoms. The average molecular weight is 728 g/mol. The predicted molar refractivity (Wildman–Crippen MR) is 240 cm³/mol. The summed E-state index contributed by atoms with van der Waals surface area (Å²) in [5, 5.41) is 18.2. The van der Waals surface area contributed by atoms with Crippen LogP contribution < -0.4 is 0 Å². The molecule has 4 heteroatoms. The van der Waals surface area contributed by atoms with Gasteiger partial charge in [0.1, 0.15) is 0 Å². The van der Waals surface area contributed by atoms with Gasteiger partial charge >= 0.3 is 0 Å². The maximum Gasteiger partial charge on any atom is 0.235 e. The summed E-state index contributed by atoms with van der Waals surface area (Å²) in [6.07, 6.45) is 0. The van der Waals surface area contributed by atoms with Gasteiger partial charge < -0.3 is 0 Å². The summed E-state index contributed by atoms with van der Waals surface area (Å²) in [7, 11) is 0. The first-order valence-electron chi connectivity index (χ1n) is 19.1. The molecule has 3 aromatic heterocycles. The first kappa shape index (κ1) is 30.2. The maximum atomic E-state index is 5.64. The Bertz CT molecular complexity index is 3800. The normalized spacial score (nSPS) is 12.3. The zero-order chi connectivity index (χ0) is 36.5. The number of hydrogen-bond donors (Lipinski definition) is 0. The summed E-state index contributed by atoms with van der Waals surface area (Å²) < 4.78 is 4.90. The SMILES string of the molecule is c1ccc2c(c1)ccc1c(-c3ccc4c(c3)sc3ccccc34)nc(-n3c4ccc5c6ccccc6c6ccccc6c5c4c4ccc5ccccc5c43)nc12. The Morgan fingerprint density at radius 2 is 0.929 bits per heavy atom. The highest BCUT2D eigenvalue weighted by atomic mass is 32.1. The van der Waals surface area contributed by atoms with E-state index >= 15 is 0 Å². The molecule has 3 nitrogen and oxygen atoms in total. The molecule has 0 aliphatic heterocycles. The minimum Gasteiger partial charge on any atom is -0.277 e. The molecule has 3 heterocycles. The molecular formula is C52H29N3S. The van der Waals surface area contributed by atoms with Gasteiger partial charge in [-0.3, -0.25) is 4.57 Å². The lowest BCUT2D eigenvalue weighted by molar-refractivity contribution is 1.02. The van der Waals surface area contributed by atoms with Crippen molar-refractivity contribution in [3.63, 3.8) is 0 Å². The molecule has 0 aliphatic carbocycles. The lowest BCUT2D eigenvalue weighted by atomic mass is 9.91. The van der Waals surface area contributed by atoms with Crippen LogP contribution in [0.3, 0.4) is 0 Å². The van der Waals surface area contributed by atoms with E-state index < -0.39 is 0 Å². The van der Waals surface area contributed by atoms with E-state index in [4.69, 9.17) is 9.97 Å². The van der Waals surface area contributed by atoms with Crippen molar-refractivity contribution in [1.82, 2.24) is 14.5 Å². The second-order valence-corrected chi connectivity index (χ2v) is 15.9. The zero-order valence-corrected chi connectivity index (χ0v) is 30.8. The molecule has 56 heavy (non-hydrogen) atoms. The average Bonchev–Trinajstić information content (AvgIpc) is 3.81. The monoisotopic (exact) mass is 727 g/mol. The van der Waals surface area contributed by atoms with E-state index in [2.05, 4.69) is 180 Å². The van der Waals surface area contributed by atoms with Crippen LogP contribution in [0.1, 0.15) is 0 Å². The van der Waals surface area contributed by atoms with Gasteiger partial charge in [0, 0.05) is 58.1 Å². The van der Waals surface area contributed by atoms with Crippen molar-refractivity contribution in [3.8, 4) is 17.2 Å². The van der Waals surface area contributed by atoms with Gasteiger partial charge in [0.25, 0.3) is 0 Å². The molecule has 0 N–H and O–H groups in total. The van der Waals surface area contributed by atoms with Crippen molar-refractivity contribution >= 4 is 118 Å². The Kier molecular flexibility index (Phi) is 6.04. The summed E-state index contributed by atoms with van der Waals surface area (Å²) in [6.45, 7) is 0. The second kappa shape index (κ2) is 11.2. The Balaban J connectivity index is 1.22. The van der Waals surface area contributed by atoms with Crippen LogP contribution in [-0.2, 0) is 0 Å². The van der Waals surface area contributed by atoms with Crippen LogP contribution in [0.15, 0.2) is 176 Å². The fourth-order valence-corrected chi connectivity index (χ4v) is 10.7. The summed E-state index contributed by atoms with van der Waals surface area (Å²) in [6, 6.07) is 64.1. The number of benzene rings is 10. The molecule has 258 valence electrons. The Hall–Kier alpha value is -7.14. The summed E-state index contributed by atoms with van der Waals surface area (Å²) >= 11 is 1.84. The van der Waals surface area contributed by atoms with Gasteiger partial charge in [-0.15, -0.1) is 11.3 Å². The molecule has 0 saturated heterocycles. The minimum atomic E-state index is 0.668. The molecule has 0 saturated carbocycles. The summed E-state index contributed by atoms with van der Waals surface area (Å²) in [5.74, 6) is 0.668. The first-order chi connectivity index (χ1) is 27.8. The third-order valence-corrected chi connectivity index (χ3v) is 13.1. The molecule has 0 spiro atoms. The molecular weight excluding hydrogens is 699 g/mol.